The molecule has 1 fully saturated rings. The minimum absolute atomic E-state index is 0.0412. The predicted molar refractivity (Wildman–Crippen MR) is 106 cm³/mol. The van der Waals surface area contributed by atoms with E-state index in [0.29, 0.717) is 5.56 Å². The average Bonchev–Trinajstić information content (AvgIpc) is 3.12. The molecule has 2 heterocycles. The molecule has 0 bridgehead atoms. The van der Waals surface area contributed by atoms with Gasteiger partial charge in [0, 0.05) is 12.1 Å². The van der Waals surface area contributed by atoms with Crippen LogP contribution in [-0.4, -0.2) is 62.5 Å². The number of benzene rings is 2. The average molecular weight is 430 g/mol. The largest absolute Gasteiger partial charge is 0.508 e. The van der Waals surface area contributed by atoms with E-state index in [1.165, 1.54) is 12.1 Å². The lowest BCUT2D eigenvalue weighted by Crippen LogP contribution is -2.64. The number of hydrogen-bond acceptors (Lipinski definition) is 9. The Morgan fingerprint density at radius 1 is 1.16 bits per heavy atom. The van der Waals surface area contributed by atoms with Crippen LogP contribution in [0.4, 0.5) is 0 Å². The Bertz CT molecular complexity index is 990. The summed E-state index contributed by atoms with van der Waals surface area (Å²) in [6.07, 6.45) is -3.47. The smallest absolute Gasteiger partial charge is 0.331 e. The zero-order valence-corrected chi connectivity index (χ0v) is 16.3. The quantitative estimate of drug-likeness (QED) is 0.346. The van der Waals surface area contributed by atoms with Crippen molar-refractivity contribution in [2.45, 2.75) is 36.8 Å². The van der Waals surface area contributed by atoms with Gasteiger partial charge in [0.1, 0.15) is 29.8 Å². The Morgan fingerprint density at radius 2 is 1.90 bits per heavy atom. The van der Waals surface area contributed by atoms with Crippen molar-refractivity contribution in [3.63, 3.8) is 0 Å². The van der Waals surface area contributed by atoms with E-state index < -0.39 is 48.5 Å². The number of carbonyl (C=O) groups excluding carboxylic acids is 1. The number of aromatic hydroxyl groups is 2. The fourth-order valence-electron chi connectivity index (χ4n) is 3.93. The zero-order chi connectivity index (χ0) is 22.2. The van der Waals surface area contributed by atoms with E-state index in [0.717, 1.165) is 17.7 Å². The summed E-state index contributed by atoms with van der Waals surface area (Å²) in [4.78, 5) is 12.5. The Hall–Kier alpha value is -2.95. The number of phenols is 2. The molecule has 0 unspecified atom stereocenters. The highest BCUT2D eigenvalue weighted by Crippen LogP contribution is 2.51. The molecule has 9 nitrogen and oxygen atoms in total. The highest BCUT2D eigenvalue weighted by Gasteiger charge is 2.61. The SMILES string of the molecule is O=C(/C=C/c1ccccc1)O[C@@H]1[C@@H](O)[C@H](O)[C@@H](CO)O[C@]12OCc1cc(O)cc(O)c12. The van der Waals surface area contributed by atoms with Crippen LogP contribution in [-0.2, 0) is 31.4 Å². The van der Waals surface area contributed by atoms with Gasteiger partial charge in [-0.15, -0.1) is 0 Å². The summed E-state index contributed by atoms with van der Waals surface area (Å²) in [5, 5.41) is 50.9. The lowest BCUT2D eigenvalue weighted by Gasteiger charge is -2.47. The van der Waals surface area contributed by atoms with Crippen LogP contribution in [0, 0.1) is 0 Å². The van der Waals surface area contributed by atoms with Gasteiger partial charge in [-0.1, -0.05) is 30.3 Å². The zero-order valence-electron chi connectivity index (χ0n) is 16.3. The highest BCUT2D eigenvalue weighted by atomic mass is 16.7. The van der Waals surface area contributed by atoms with Gasteiger partial charge in [0.2, 0.25) is 5.79 Å². The fourth-order valence-corrected chi connectivity index (χ4v) is 3.93. The predicted octanol–water partition coefficient (Wildman–Crippen LogP) is 0.519. The minimum Gasteiger partial charge on any atom is -0.508 e. The van der Waals surface area contributed by atoms with Gasteiger partial charge in [0.25, 0.3) is 0 Å². The molecule has 0 aromatic heterocycles. The molecule has 1 spiro atoms. The number of hydrogen-bond donors (Lipinski definition) is 5. The second kappa shape index (κ2) is 8.29. The van der Waals surface area contributed by atoms with Gasteiger partial charge in [-0.25, -0.2) is 4.79 Å². The number of ether oxygens (including phenoxy) is 3. The first kappa shape index (κ1) is 21.3. The van der Waals surface area contributed by atoms with E-state index in [-0.39, 0.29) is 17.9 Å². The van der Waals surface area contributed by atoms with Crippen LogP contribution < -0.4 is 0 Å². The van der Waals surface area contributed by atoms with Crippen LogP contribution in [0.3, 0.4) is 0 Å². The Kier molecular flexibility index (Phi) is 5.69. The summed E-state index contributed by atoms with van der Waals surface area (Å²) < 4.78 is 16.9. The number of carbonyl (C=O) groups is 1. The van der Waals surface area contributed by atoms with Crippen molar-refractivity contribution in [2.75, 3.05) is 6.61 Å². The van der Waals surface area contributed by atoms with Crippen LogP contribution in [0.2, 0.25) is 0 Å². The second-order valence-corrected chi connectivity index (χ2v) is 7.38. The third-order valence-corrected chi connectivity index (χ3v) is 5.35. The maximum absolute atomic E-state index is 12.5. The third kappa shape index (κ3) is 3.78. The van der Waals surface area contributed by atoms with E-state index >= 15 is 0 Å². The van der Waals surface area contributed by atoms with E-state index in [1.807, 2.05) is 6.07 Å². The summed E-state index contributed by atoms with van der Waals surface area (Å²) >= 11 is 0. The number of esters is 1. The van der Waals surface area contributed by atoms with Crippen molar-refractivity contribution in [1.82, 2.24) is 0 Å². The van der Waals surface area contributed by atoms with Crippen molar-refractivity contribution in [3.8, 4) is 11.5 Å². The molecule has 0 aliphatic carbocycles. The second-order valence-electron chi connectivity index (χ2n) is 7.38. The Morgan fingerprint density at radius 3 is 2.61 bits per heavy atom. The molecule has 4 rings (SSSR count). The molecule has 2 aromatic rings. The molecule has 2 aliphatic heterocycles. The molecule has 2 aromatic carbocycles. The highest BCUT2D eigenvalue weighted by molar-refractivity contribution is 5.87. The molecule has 2 aliphatic rings. The summed E-state index contributed by atoms with van der Waals surface area (Å²) in [7, 11) is 0. The number of fused-ring (bicyclic) bond motifs is 2. The lowest BCUT2D eigenvalue weighted by molar-refractivity contribution is -0.369. The molecule has 164 valence electrons. The van der Waals surface area contributed by atoms with Crippen LogP contribution in [0.5, 0.6) is 11.5 Å². The molecule has 0 radical (unpaired) electrons. The number of aliphatic hydroxyl groups is 3. The van der Waals surface area contributed by atoms with Crippen LogP contribution in [0.1, 0.15) is 16.7 Å². The van der Waals surface area contributed by atoms with E-state index in [1.54, 1.807) is 24.3 Å². The molecule has 0 saturated carbocycles. The lowest BCUT2D eigenvalue weighted by atomic mass is 9.86. The third-order valence-electron chi connectivity index (χ3n) is 5.35. The van der Waals surface area contributed by atoms with Crippen molar-refractivity contribution in [3.05, 3.63) is 65.2 Å². The Labute approximate surface area is 177 Å². The summed E-state index contributed by atoms with van der Waals surface area (Å²) in [6.45, 7) is -0.793. The Balaban J connectivity index is 1.69. The molecular weight excluding hydrogens is 408 g/mol. The van der Waals surface area contributed by atoms with Crippen molar-refractivity contribution in [2.24, 2.45) is 0 Å². The monoisotopic (exact) mass is 430 g/mol. The molecule has 1 saturated heterocycles. The first-order chi connectivity index (χ1) is 14.9. The maximum atomic E-state index is 12.5. The van der Waals surface area contributed by atoms with Gasteiger partial charge in [-0.05, 0) is 23.3 Å². The maximum Gasteiger partial charge on any atom is 0.331 e. The van der Waals surface area contributed by atoms with Crippen molar-refractivity contribution >= 4 is 12.0 Å². The number of phenolic OH excluding ortho intramolecular Hbond substituents is 2. The number of aliphatic hydroxyl groups excluding tert-OH is 3. The fraction of sp³-hybridized carbons (Fsp3) is 0.318. The topological polar surface area (TPSA) is 146 Å². The summed E-state index contributed by atoms with van der Waals surface area (Å²) in [6, 6.07) is 11.4. The van der Waals surface area contributed by atoms with Gasteiger partial charge in [0.15, 0.2) is 6.10 Å². The molecular formula is C22H22O9. The minimum atomic E-state index is -1.99. The van der Waals surface area contributed by atoms with Gasteiger partial charge < -0.3 is 39.7 Å². The summed E-state index contributed by atoms with van der Waals surface area (Å²) in [5.41, 5.74) is 1.13. The normalized spacial score (nSPS) is 29.9. The molecule has 31 heavy (non-hydrogen) atoms. The standard InChI is InChI=1S/C22H22O9/c23-10-16-19(27)20(28)21(30-17(26)7-6-12-4-2-1-3-5-12)22(31-16)18-13(11-29-22)8-14(24)9-15(18)25/h1-9,16,19-21,23-25,27-28H,10-11H2/b7-6+/t16-,19-,20+,21-,22+/m1/s1. The summed E-state index contributed by atoms with van der Waals surface area (Å²) in [5.74, 6) is -3.46. The molecule has 5 N–H and O–H groups in total. The van der Waals surface area contributed by atoms with Crippen LogP contribution >= 0.6 is 0 Å². The van der Waals surface area contributed by atoms with Crippen LogP contribution in [0.15, 0.2) is 48.5 Å². The van der Waals surface area contributed by atoms with E-state index in [9.17, 15) is 30.3 Å². The van der Waals surface area contributed by atoms with Gasteiger partial charge >= 0.3 is 5.97 Å². The van der Waals surface area contributed by atoms with Gasteiger partial charge in [-0.3, -0.25) is 0 Å². The first-order valence-electron chi connectivity index (χ1n) is 9.63. The van der Waals surface area contributed by atoms with Crippen molar-refractivity contribution < 1.29 is 44.5 Å². The van der Waals surface area contributed by atoms with E-state index in [2.05, 4.69) is 0 Å². The van der Waals surface area contributed by atoms with Gasteiger partial charge in [-0.2, -0.15) is 0 Å². The van der Waals surface area contributed by atoms with Crippen LogP contribution in [0.25, 0.3) is 6.08 Å². The van der Waals surface area contributed by atoms with Crippen molar-refractivity contribution in [1.29, 1.82) is 0 Å². The first-order valence-corrected chi connectivity index (χ1v) is 9.63. The molecule has 0 amide bonds. The number of rotatable bonds is 4. The molecule has 9 heteroatoms. The van der Waals surface area contributed by atoms with Gasteiger partial charge in [0.05, 0.1) is 18.8 Å². The molecule has 5 atom stereocenters. The van der Waals surface area contributed by atoms with E-state index in [4.69, 9.17) is 14.2 Å².